The molecule has 0 aromatic carbocycles. The number of aliphatic hydroxyl groups excluding tert-OH is 1. The second-order valence-electron chi connectivity index (χ2n) is 27.9. The molecule has 17 nitrogen and oxygen atoms in total. The molecule has 0 aromatic rings. The van der Waals surface area contributed by atoms with Gasteiger partial charge in [-0.2, -0.15) is 0 Å². The van der Waals surface area contributed by atoms with Gasteiger partial charge in [0.15, 0.2) is 12.2 Å². The Morgan fingerprint density at radius 2 is 0.621 bits per heavy atom. The number of phosphoric acid groups is 2. The Balaban J connectivity index is 5.18. The number of allylic oxidation sites excluding steroid dienone is 4. The number of unbranched alkanes of at least 4 members (excludes halogenated alkanes) is 36. The van der Waals surface area contributed by atoms with Crippen molar-refractivity contribution < 1.29 is 80.2 Å². The third kappa shape index (κ3) is 68.5. The number of rotatable bonds is 72. The van der Waals surface area contributed by atoms with Crippen LogP contribution < -0.4 is 0 Å². The van der Waals surface area contributed by atoms with E-state index in [0.29, 0.717) is 31.6 Å². The van der Waals surface area contributed by atoms with E-state index in [9.17, 15) is 43.2 Å². The zero-order valence-electron chi connectivity index (χ0n) is 61.6. The van der Waals surface area contributed by atoms with Crippen LogP contribution in [0.25, 0.3) is 0 Å². The van der Waals surface area contributed by atoms with Crippen molar-refractivity contribution in [2.75, 3.05) is 39.6 Å². The molecule has 0 heterocycles. The lowest BCUT2D eigenvalue weighted by Gasteiger charge is -2.21. The Labute approximate surface area is 580 Å². The lowest BCUT2D eigenvalue weighted by Crippen LogP contribution is -2.30. The fraction of sp³-hybridized carbons (Fsp3) is 0.895. The molecule has 0 aliphatic carbocycles. The van der Waals surface area contributed by atoms with Gasteiger partial charge < -0.3 is 33.8 Å². The van der Waals surface area contributed by atoms with Gasteiger partial charge in [0.2, 0.25) is 0 Å². The maximum absolute atomic E-state index is 13.1. The molecule has 0 aliphatic rings. The van der Waals surface area contributed by atoms with Crippen molar-refractivity contribution in [2.45, 2.75) is 381 Å². The topological polar surface area (TPSA) is 237 Å². The number of carbonyl (C=O) groups excluding carboxylic acids is 4. The molecule has 0 saturated carbocycles. The number of esters is 4. The van der Waals surface area contributed by atoms with Crippen LogP contribution in [-0.4, -0.2) is 96.7 Å². The first-order chi connectivity index (χ1) is 45.8. The van der Waals surface area contributed by atoms with Crippen molar-refractivity contribution in [3.63, 3.8) is 0 Å². The van der Waals surface area contributed by atoms with E-state index in [1.54, 1.807) is 0 Å². The first-order valence-corrected chi connectivity index (χ1v) is 41.7. The van der Waals surface area contributed by atoms with Gasteiger partial charge in [-0.15, -0.1) is 0 Å². The summed E-state index contributed by atoms with van der Waals surface area (Å²) in [5.74, 6) is 0.0583. The number of hydrogen-bond acceptors (Lipinski definition) is 15. The fourth-order valence-corrected chi connectivity index (χ4v) is 12.6. The van der Waals surface area contributed by atoms with Gasteiger partial charge in [-0.25, -0.2) is 9.13 Å². The summed E-state index contributed by atoms with van der Waals surface area (Å²) in [6.07, 6.45) is 55.3. The van der Waals surface area contributed by atoms with Crippen LogP contribution in [0.2, 0.25) is 0 Å². The average Bonchev–Trinajstić information content (AvgIpc) is 3.12. The van der Waals surface area contributed by atoms with E-state index in [4.69, 9.17) is 37.0 Å². The van der Waals surface area contributed by atoms with Crippen molar-refractivity contribution in [2.24, 2.45) is 17.8 Å². The summed E-state index contributed by atoms with van der Waals surface area (Å²) in [5, 5.41) is 10.6. The van der Waals surface area contributed by atoms with Crippen LogP contribution in [0, 0.1) is 17.8 Å². The monoisotopic (exact) mass is 1390 g/mol. The molecule has 0 amide bonds. The van der Waals surface area contributed by atoms with Crippen molar-refractivity contribution >= 4 is 39.5 Å². The van der Waals surface area contributed by atoms with Gasteiger partial charge in [0.25, 0.3) is 0 Å². The highest BCUT2D eigenvalue weighted by molar-refractivity contribution is 7.47. The van der Waals surface area contributed by atoms with Crippen LogP contribution in [0.3, 0.4) is 0 Å². The largest absolute Gasteiger partial charge is 0.472 e. The molecule has 0 aromatic heterocycles. The highest BCUT2D eigenvalue weighted by Crippen LogP contribution is 2.45. The minimum Gasteiger partial charge on any atom is -0.462 e. The molecule has 95 heavy (non-hydrogen) atoms. The van der Waals surface area contributed by atoms with Crippen molar-refractivity contribution in [3.05, 3.63) is 24.3 Å². The molecule has 0 saturated heterocycles. The van der Waals surface area contributed by atoms with Crippen LogP contribution in [-0.2, 0) is 65.4 Å². The summed E-state index contributed by atoms with van der Waals surface area (Å²) >= 11 is 0. The Morgan fingerprint density at radius 1 is 0.347 bits per heavy atom. The van der Waals surface area contributed by atoms with Crippen LogP contribution in [0.15, 0.2) is 24.3 Å². The molecule has 0 rings (SSSR count). The van der Waals surface area contributed by atoms with Crippen LogP contribution in [0.1, 0.15) is 363 Å². The SMILES string of the molecule is CCCCCC/C=C\C=C/CCCCCCCC(=O)OC[C@H](COP(=O)(O)OC[C@@H](O)COP(=O)(O)OC[C@@H](COC(=O)CCCCCCCCC(C)CC)OC(=O)CCCCCCCCCCCCCCCCCCCCC(C)C)OC(=O)CCCCCCCCC(C)C. The molecule has 0 fully saturated rings. The number of hydrogen-bond donors (Lipinski definition) is 3. The Bertz CT molecular complexity index is 1950. The highest BCUT2D eigenvalue weighted by atomic mass is 31.2. The van der Waals surface area contributed by atoms with Gasteiger partial charge in [-0.1, -0.05) is 310 Å². The van der Waals surface area contributed by atoms with Crippen LogP contribution in [0.5, 0.6) is 0 Å². The third-order valence-electron chi connectivity index (χ3n) is 17.4. The predicted octanol–water partition coefficient (Wildman–Crippen LogP) is 21.7. The van der Waals surface area contributed by atoms with E-state index in [1.165, 1.54) is 148 Å². The molecule has 560 valence electrons. The Hall–Kier alpha value is -2.46. The number of ether oxygens (including phenoxy) is 4. The first-order valence-electron chi connectivity index (χ1n) is 38.7. The van der Waals surface area contributed by atoms with Crippen LogP contribution in [0.4, 0.5) is 0 Å². The number of aliphatic hydroxyl groups is 1. The Morgan fingerprint density at radius 3 is 0.937 bits per heavy atom. The average molecular weight is 1390 g/mol. The number of carbonyl (C=O) groups is 4. The maximum Gasteiger partial charge on any atom is 0.472 e. The van der Waals surface area contributed by atoms with Gasteiger partial charge in [0.05, 0.1) is 26.4 Å². The molecule has 6 atom stereocenters. The summed E-state index contributed by atoms with van der Waals surface area (Å²) < 4.78 is 68.4. The molecule has 19 heteroatoms. The molecule has 0 aliphatic heterocycles. The van der Waals surface area contributed by atoms with E-state index in [0.717, 1.165) is 127 Å². The maximum atomic E-state index is 13.1. The lowest BCUT2D eigenvalue weighted by molar-refractivity contribution is -0.161. The standard InChI is InChI=1S/C76H144O17P2/c1-8-10-11-12-13-14-15-16-21-25-28-31-34-43-50-57-73(78)86-63-72(93-76(81)60-53-46-38-36-41-48-55-68(5)6)66-91-95(84,85)89-62-70(77)61-88-94(82,83)90-65-71(64-87-74(79)58-51-44-39-37-42-49-56-69(7)9-2)92-75(80)59-52-45-35-32-29-26-23-20-18-17-19-22-24-27-30-33-40-47-54-67(3)4/h14-16,21,67-72,77H,8-13,17-20,22-66H2,1-7H3,(H,82,83)(H,84,85)/b15-14-,21-16-/t69?,70-,71+,72+/m0/s1. The smallest absolute Gasteiger partial charge is 0.462 e. The zero-order chi connectivity index (χ0) is 70.1. The second-order valence-corrected chi connectivity index (χ2v) is 30.8. The number of phosphoric ester groups is 2. The summed E-state index contributed by atoms with van der Waals surface area (Å²) in [6.45, 7) is 11.7. The van der Waals surface area contributed by atoms with E-state index in [2.05, 4.69) is 72.8 Å². The van der Waals surface area contributed by atoms with Gasteiger partial charge in [-0.3, -0.25) is 37.3 Å². The van der Waals surface area contributed by atoms with E-state index in [1.807, 2.05) is 0 Å². The molecule has 3 unspecified atom stereocenters. The highest BCUT2D eigenvalue weighted by Gasteiger charge is 2.30. The van der Waals surface area contributed by atoms with E-state index >= 15 is 0 Å². The van der Waals surface area contributed by atoms with Gasteiger partial charge in [-0.05, 0) is 69.1 Å². The second kappa shape index (κ2) is 66.1. The molecule has 0 radical (unpaired) electrons. The predicted molar refractivity (Wildman–Crippen MR) is 386 cm³/mol. The first kappa shape index (κ1) is 92.5. The van der Waals surface area contributed by atoms with Gasteiger partial charge >= 0.3 is 39.5 Å². The van der Waals surface area contributed by atoms with Gasteiger partial charge in [0, 0.05) is 25.7 Å². The quantitative estimate of drug-likeness (QED) is 0.0169. The summed E-state index contributed by atoms with van der Waals surface area (Å²) in [6, 6.07) is 0. The molecule has 0 spiro atoms. The van der Waals surface area contributed by atoms with Gasteiger partial charge in [0.1, 0.15) is 19.3 Å². The van der Waals surface area contributed by atoms with Crippen molar-refractivity contribution in [3.8, 4) is 0 Å². The summed E-state index contributed by atoms with van der Waals surface area (Å²) in [7, 11) is -9.92. The summed E-state index contributed by atoms with van der Waals surface area (Å²) in [4.78, 5) is 72.7. The van der Waals surface area contributed by atoms with Crippen molar-refractivity contribution in [1.29, 1.82) is 0 Å². The minimum absolute atomic E-state index is 0.0950. The molecule has 0 bridgehead atoms. The van der Waals surface area contributed by atoms with E-state index in [-0.39, 0.29) is 25.7 Å². The molecular formula is C76H144O17P2. The minimum atomic E-state index is -4.96. The summed E-state index contributed by atoms with van der Waals surface area (Å²) in [5.41, 5.74) is 0. The van der Waals surface area contributed by atoms with Crippen molar-refractivity contribution in [1.82, 2.24) is 0 Å². The molecular weight excluding hydrogens is 1250 g/mol. The lowest BCUT2D eigenvalue weighted by atomic mass is 10.00. The zero-order valence-corrected chi connectivity index (χ0v) is 63.4. The Kier molecular flexibility index (Phi) is 64.4. The fourth-order valence-electron chi connectivity index (χ4n) is 11.0. The normalized spacial score (nSPS) is 14.5. The third-order valence-corrected chi connectivity index (χ3v) is 19.3. The van der Waals surface area contributed by atoms with Crippen LogP contribution >= 0.6 is 15.6 Å². The van der Waals surface area contributed by atoms with E-state index < -0.39 is 97.5 Å². The molecule has 3 N–H and O–H groups in total.